The molecule has 0 heterocycles. The highest BCUT2D eigenvalue weighted by Crippen LogP contribution is 2.37. The Morgan fingerprint density at radius 3 is 2.00 bits per heavy atom. The summed E-state index contributed by atoms with van der Waals surface area (Å²) < 4.78 is 10.9. The molecule has 1 N–H and O–H groups in total. The summed E-state index contributed by atoms with van der Waals surface area (Å²) in [7, 11) is 0. The van der Waals surface area contributed by atoms with Gasteiger partial charge in [0.05, 0.1) is 17.8 Å². The molecule has 1 fully saturated rings. The summed E-state index contributed by atoms with van der Waals surface area (Å²) in [5, 5.41) is 9.32. The molecule has 0 bridgehead atoms. The molecule has 0 aromatic rings. The Hall–Kier alpha value is -1.59. The van der Waals surface area contributed by atoms with Crippen molar-refractivity contribution in [3.05, 3.63) is 0 Å². The van der Waals surface area contributed by atoms with Crippen LogP contribution in [0.5, 0.6) is 0 Å². The van der Waals surface area contributed by atoms with E-state index in [1.54, 1.807) is 6.92 Å². The number of rotatable bonds is 7. The number of carbonyl (C=O) groups excluding carboxylic acids is 2. The van der Waals surface area contributed by atoms with Crippen LogP contribution in [0, 0.1) is 28.6 Å². The Kier molecular flexibility index (Phi) is 8.51. The molecule has 1 saturated carbocycles. The first kappa shape index (κ1) is 24.4. The minimum Gasteiger partial charge on any atom is -0.481 e. The van der Waals surface area contributed by atoms with Gasteiger partial charge in [-0.05, 0) is 37.0 Å². The second-order valence-electron chi connectivity index (χ2n) is 10.4. The van der Waals surface area contributed by atoms with E-state index in [1.807, 2.05) is 20.8 Å². The van der Waals surface area contributed by atoms with Gasteiger partial charge >= 0.3 is 17.9 Å². The normalized spacial score (nSPS) is 22.8. The van der Waals surface area contributed by atoms with Crippen molar-refractivity contribution < 1.29 is 29.0 Å². The van der Waals surface area contributed by atoms with E-state index in [9.17, 15) is 19.5 Å². The van der Waals surface area contributed by atoms with Crippen LogP contribution in [0.25, 0.3) is 0 Å². The molecule has 28 heavy (non-hydrogen) atoms. The van der Waals surface area contributed by atoms with Crippen molar-refractivity contribution in [1.82, 2.24) is 0 Å². The molecule has 4 atom stereocenters. The molecule has 0 aliphatic heterocycles. The average molecular weight is 399 g/mol. The molecule has 6 nitrogen and oxygen atoms in total. The number of esters is 2. The number of hydrogen-bond donors (Lipinski definition) is 1. The fraction of sp³-hybridized carbons (Fsp3) is 0.864. The highest BCUT2D eigenvalue weighted by Gasteiger charge is 2.38. The highest BCUT2D eigenvalue weighted by molar-refractivity contribution is 5.81. The van der Waals surface area contributed by atoms with Gasteiger partial charge in [0.15, 0.2) is 0 Å². The van der Waals surface area contributed by atoms with Crippen molar-refractivity contribution in [1.29, 1.82) is 0 Å². The van der Waals surface area contributed by atoms with Crippen LogP contribution >= 0.6 is 0 Å². The molecule has 4 unspecified atom stereocenters. The lowest BCUT2D eigenvalue weighted by atomic mass is 9.72. The van der Waals surface area contributed by atoms with E-state index in [4.69, 9.17) is 9.47 Å². The topological polar surface area (TPSA) is 89.9 Å². The van der Waals surface area contributed by atoms with E-state index in [0.717, 1.165) is 12.8 Å². The minimum atomic E-state index is -0.948. The Morgan fingerprint density at radius 2 is 1.54 bits per heavy atom. The Bertz CT molecular complexity index is 554. The summed E-state index contributed by atoms with van der Waals surface area (Å²) >= 11 is 0. The van der Waals surface area contributed by atoms with E-state index in [1.165, 1.54) is 0 Å². The summed E-state index contributed by atoms with van der Waals surface area (Å²) in [4.78, 5) is 36.5. The van der Waals surface area contributed by atoms with Gasteiger partial charge in [0.1, 0.15) is 12.7 Å². The molecular weight excluding hydrogens is 360 g/mol. The third-order valence-electron chi connectivity index (χ3n) is 5.31. The Balaban J connectivity index is 2.62. The predicted molar refractivity (Wildman–Crippen MR) is 107 cm³/mol. The monoisotopic (exact) mass is 398 g/mol. The Morgan fingerprint density at radius 1 is 1.00 bits per heavy atom. The van der Waals surface area contributed by atoms with Gasteiger partial charge in [-0.25, -0.2) is 0 Å². The van der Waals surface area contributed by atoms with Crippen LogP contribution in [0.1, 0.15) is 80.6 Å². The van der Waals surface area contributed by atoms with Gasteiger partial charge in [-0.3, -0.25) is 14.4 Å². The average Bonchev–Trinajstić information content (AvgIpc) is 2.55. The van der Waals surface area contributed by atoms with Crippen LogP contribution in [0.15, 0.2) is 0 Å². The van der Waals surface area contributed by atoms with Crippen molar-refractivity contribution in [2.45, 2.75) is 86.7 Å². The first-order valence-corrected chi connectivity index (χ1v) is 10.3. The minimum absolute atomic E-state index is 0.0120. The molecule has 162 valence electrons. The maximum Gasteiger partial charge on any atom is 0.310 e. The summed E-state index contributed by atoms with van der Waals surface area (Å²) in [6, 6.07) is 0. The molecule has 0 saturated heterocycles. The lowest BCUT2D eigenvalue weighted by molar-refractivity contribution is -0.169. The molecule has 1 aliphatic carbocycles. The largest absolute Gasteiger partial charge is 0.481 e. The van der Waals surface area contributed by atoms with Crippen molar-refractivity contribution in [2.75, 3.05) is 6.61 Å². The van der Waals surface area contributed by atoms with Crippen molar-refractivity contribution in [2.24, 2.45) is 28.6 Å². The second kappa shape index (κ2) is 9.75. The number of carbonyl (C=O) groups is 3. The third-order valence-corrected chi connectivity index (χ3v) is 5.31. The van der Waals surface area contributed by atoms with Crippen LogP contribution in [0.4, 0.5) is 0 Å². The van der Waals surface area contributed by atoms with Crippen LogP contribution in [0.3, 0.4) is 0 Å². The van der Waals surface area contributed by atoms with E-state index < -0.39 is 29.9 Å². The molecule has 1 aliphatic rings. The molecule has 0 aromatic heterocycles. The van der Waals surface area contributed by atoms with Crippen LogP contribution in [0.2, 0.25) is 0 Å². The molecule has 0 aromatic carbocycles. The Labute approximate surface area is 169 Å². The molecular formula is C22H38O6. The van der Waals surface area contributed by atoms with Crippen molar-refractivity contribution in [3.8, 4) is 0 Å². The quantitative estimate of drug-likeness (QED) is 0.637. The van der Waals surface area contributed by atoms with Gasteiger partial charge in [0, 0.05) is 0 Å². The number of carboxylic acid groups (broad SMARTS) is 1. The van der Waals surface area contributed by atoms with E-state index >= 15 is 0 Å². The number of ether oxygens (including phenoxy) is 2. The van der Waals surface area contributed by atoms with Gasteiger partial charge in [0.25, 0.3) is 0 Å². The zero-order valence-electron chi connectivity index (χ0n) is 18.5. The molecule has 6 heteroatoms. The van der Waals surface area contributed by atoms with Gasteiger partial charge in [0.2, 0.25) is 0 Å². The van der Waals surface area contributed by atoms with E-state index in [2.05, 4.69) is 20.8 Å². The number of hydrogen-bond acceptors (Lipinski definition) is 5. The van der Waals surface area contributed by atoms with Gasteiger partial charge in [-0.1, -0.05) is 54.4 Å². The fourth-order valence-corrected chi connectivity index (χ4v) is 3.68. The maximum absolute atomic E-state index is 12.7. The SMILES string of the molecule is CC(COC(=O)C(CC(C)(C)C)C(C)(C)C)OC(=O)C1CCCCC1C(=O)O. The van der Waals surface area contributed by atoms with E-state index in [0.29, 0.717) is 19.3 Å². The number of aliphatic carboxylic acids is 1. The highest BCUT2D eigenvalue weighted by atomic mass is 16.6. The van der Waals surface area contributed by atoms with Gasteiger partial charge in [-0.2, -0.15) is 0 Å². The summed E-state index contributed by atoms with van der Waals surface area (Å²) in [6.07, 6.45) is 2.76. The van der Waals surface area contributed by atoms with Crippen LogP contribution in [-0.4, -0.2) is 35.7 Å². The smallest absolute Gasteiger partial charge is 0.310 e. The summed E-state index contributed by atoms with van der Waals surface area (Å²) in [5.74, 6) is -3.30. The molecule has 1 rings (SSSR count). The second-order valence-corrected chi connectivity index (χ2v) is 10.4. The fourth-order valence-electron chi connectivity index (χ4n) is 3.68. The van der Waals surface area contributed by atoms with Gasteiger partial charge in [-0.15, -0.1) is 0 Å². The van der Waals surface area contributed by atoms with E-state index in [-0.39, 0.29) is 29.3 Å². The lowest BCUT2D eigenvalue weighted by Gasteiger charge is -2.34. The third kappa shape index (κ3) is 7.80. The molecule has 0 spiro atoms. The first-order valence-electron chi connectivity index (χ1n) is 10.3. The standard InChI is InChI=1S/C22H38O6/c1-14(28-19(25)16-11-9-8-10-15(16)18(23)24)13-27-20(26)17(22(5,6)7)12-21(2,3)4/h14-17H,8-13H2,1-7H3,(H,23,24). The molecule has 0 radical (unpaired) electrons. The zero-order chi connectivity index (χ0) is 21.7. The zero-order valence-corrected chi connectivity index (χ0v) is 18.5. The first-order chi connectivity index (χ1) is 12.7. The van der Waals surface area contributed by atoms with Gasteiger partial charge < -0.3 is 14.6 Å². The van der Waals surface area contributed by atoms with Crippen LogP contribution < -0.4 is 0 Å². The van der Waals surface area contributed by atoms with Crippen LogP contribution in [-0.2, 0) is 23.9 Å². The maximum atomic E-state index is 12.7. The molecule has 0 amide bonds. The predicted octanol–water partition coefficient (Wildman–Crippen LogP) is 4.45. The van der Waals surface area contributed by atoms with Crippen molar-refractivity contribution >= 4 is 17.9 Å². The summed E-state index contributed by atoms with van der Waals surface area (Å²) in [5.41, 5.74) is -0.247. The lowest BCUT2D eigenvalue weighted by Crippen LogP contribution is -2.37. The number of carboxylic acids is 1. The summed E-state index contributed by atoms with van der Waals surface area (Å²) in [6.45, 7) is 14.0. The van der Waals surface area contributed by atoms with Crippen molar-refractivity contribution in [3.63, 3.8) is 0 Å².